The van der Waals surface area contributed by atoms with Crippen molar-refractivity contribution in [3.8, 4) is 0 Å². The van der Waals surface area contributed by atoms with Gasteiger partial charge in [0.05, 0.1) is 6.04 Å². The normalized spacial score (nSPS) is 17.8. The molecule has 0 aliphatic carbocycles. The molecule has 1 saturated heterocycles. The third-order valence-corrected chi connectivity index (χ3v) is 4.46. The number of nitrogens with one attached hydrogen (secondary N) is 2. The van der Waals surface area contributed by atoms with Gasteiger partial charge in [-0.3, -0.25) is 14.8 Å². The Morgan fingerprint density at radius 3 is 3.09 bits per heavy atom. The number of piperidine rings is 1. The Morgan fingerprint density at radius 2 is 2.41 bits per heavy atom. The van der Waals surface area contributed by atoms with Crippen LogP contribution >= 0.6 is 23.7 Å². The van der Waals surface area contributed by atoms with Crippen LogP contribution in [0, 0.1) is 0 Å². The van der Waals surface area contributed by atoms with E-state index in [-0.39, 0.29) is 18.3 Å². The minimum atomic E-state index is -0.240. The summed E-state index contributed by atoms with van der Waals surface area (Å²) in [5, 5.41) is 19.8. The number of carbonyl (C=O) groups is 1. The molecule has 3 heterocycles. The maximum atomic E-state index is 12.1. The highest BCUT2D eigenvalue weighted by Gasteiger charge is 2.18. The molecule has 0 radical (unpaired) electrons. The second-order valence-electron chi connectivity index (χ2n) is 4.99. The maximum Gasteiger partial charge on any atom is 0.277 e. The third kappa shape index (κ3) is 3.82. The number of aromatic nitrogens is 4. The summed E-state index contributed by atoms with van der Waals surface area (Å²) in [6, 6.07) is 2.07. The molecule has 0 spiro atoms. The lowest BCUT2D eigenvalue weighted by molar-refractivity contribution is 0.102. The first-order chi connectivity index (χ1) is 10.3. The Bertz CT molecular complexity index is 622. The van der Waals surface area contributed by atoms with Gasteiger partial charge >= 0.3 is 0 Å². The van der Waals surface area contributed by atoms with Crippen LogP contribution < -0.4 is 10.6 Å². The fourth-order valence-corrected chi connectivity index (χ4v) is 3.00. The van der Waals surface area contributed by atoms with Crippen molar-refractivity contribution in [1.29, 1.82) is 0 Å². The van der Waals surface area contributed by atoms with Gasteiger partial charge in [0, 0.05) is 12.7 Å². The van der Waals surface area contributed by atoms with E-state index in [2.05, 4.69) is 25.9 Å². The van der Waals surface area contributed by atoms with Gasteiger partial charge in [-0.15, -0.1) is 22.6 Å². The lowest BCUT2D eigenvalue weighted by atomic mass is 10.1. The van der Waals surface area contributed by atoms with Crippen molar-refractivity contribution in [2.24, 2.45) is 0 Å². The standard InChI is InChI=1S/C13H18N6OS.ClH/c1-2-11-16-17-13(21-11)15-12(20)10-5-7-19(18-10)9-4-3-6-14-8-9;/h5,7,9,14H,2-4,6,8H2,1H3,(H,15,17,20);1H. The highest BCUT2D eigenvalue weighted by atomic mass is 35.5. The van der Waals surface area contributed by atoms with Crippen molar-refractivity contribution in [2.45, 2.75) is 32.2 Å². The molecule has 7 nitrogen and oxygen atoms in total. The Morgan fingerprint density at radius 1 is 1.55 bits per heavy atom. The molecule has 2 N–H and O–H groups in total. The first-order valence-electron chi connectivity index (χ1n) is 7.16. The minimum absolute atomic E-state index is 0. The van der Waals surface area contributed by atoms with Crippen molar-refractivity contribution >= 4 is 34.8 Å². The van der Waals surface area contributed by atoms with Crippen molar-refractivity contribution in [1.82, 2.24) is 25.3 Å². The largest absolute Gasteiger partial charge is 0.315 e. The average Bonchev–Trinajstić information content (AvgIpc) is 3.17. The van der Waals surface area contributed by atoms with Gasteiger partial charge in [-0.2, -0.15) is 5.10 Å². The van der Waals surface area contributed by atoms with Gasteiger partial charge in [0.2, 0.25) is 5.13 Å². The molecule has 1 amide bonds. The van der Waals surface area contributed by atoms with Crippen LogP contribution in [0.4, 0.5) is 5.13 Å². The van der Waals surface area contributed by atoms with Crippen LogP contribution in [-0.2, 0) is 6.42 Å². The molecule has 1 aliphatic heterocycles. The number of nitrogens with zero attached hydrogens (tertiary/aromatic N) is 4. The number of carbonyl (C=O) groups excluding carboxylic acids is 1. The summed E-state index contributed by atoms with van der Waals surface area (Å²) in [4.78, 5) is 12.1. The van der Waals surface area contributed by atoms with E-state index in [0.717, 1.165) is 37.4 Å². The lowest BCUT2D eigenvalue weighted by Gasteiger charge is -2.22. The molecule has 0 aromatic carbocycles. The highest BCUT2D eigenvalue weighted by Crippen LogP contribution is 2.18. The van der Waals surface area contributed by atoms with Crippen LogP contribution in [-0.4, -0.2) is 39.0 Å². The SMILES string of the molecule is CCc1nnc(NC(=O)c2ccn(C3CCCNC3)n2)s1.Cl. The summed E-state index contributed by atoms with van der Waals surface area (Å²) in [6.07, 6.45) is 4.91. The summed E-state index contributed by atoms with van der Waals surface area (Å²) in [5.41, 5.74) is 0.411. The van der Waals surface area contributed by atoms with Gasteiger partial charge in [-0.05, 0) is 31.9 Å². The summed E-state index contributed by atoms with van der Waals surface area (Å²) in [6.45, 7) is 3.97. The highest BCUT2D eigenvalue weighted by molar-refractivity contribution is 7.15. The quantitative estimate of drug-likeness (QED) is 0.886. The van der Waals surface area contributed by atoms with Crippen molar-refractivity contribution in [2.75, 3.05) is 18.4 Å². The molecular weight excluding hydrogens is 324 g/mol. The van der Waals surface area contributed by atoms with E-state index in [1.54, 1.807) is 6.07 Å². The predicted molar refractivity (Wildman–Crippen MR) is 87.9 cm³/mol. The van der Waals surface area contributed by atoms with Gasteiger partial charge in [0.1, 0.15) is 5.01 Å². The number of halogens is 1. The molecule has 2 aromatic rings. The summed E-state index contributed by atoms with van der Waals surface area (Å²) in [5.74, 6) is -0.240. The molecule has 0 saturated carbocycles. The second kappa shape index (κ2) is 7.66. The topological polar surface area (TPSA) is 84.7 Å². The smallest absolute Gasteiger partial charge is 0.277 e. The van der Waals surface area contributed by atoms with Crippen molar-refractivity contribution in [3.05, 3.63) is 23.0 Å². The molecule has 22 heavy (non-hydrogen) atoms. The van der Waals surface area contributed by atoms with Crippen LogP contribution in [0.25, 0.3) is 0 Å². The molecule has 1 aliphatic rings. The van der Waals surface area contributed by atoms with Crippen molar-refractivity contribution in [3.63, 3.8) is 0 Å². The molecule has 9 heteroatoms. The fraction of sp³-hybridized carbons (Fsp3) is 0.538. The Labute approximate surface area is 138 Å². The number of aryl methyl sites for hydroxylation is 1. The number of rotatable bonds is 4. The first-order valence-corrected chi connectivity index (χ1v) is 7.97. The molecular formula is C13H19ClN6OS. The third-order valence-electron chi connectivity index (χ3n) is 3.48. The van der Waals surface area contributed by atoms with Crippen LogP contribution in [0.3, 0.4) is 0 Å². The average molecular weight is 343 g/mol. The number of amides is 1. The van der Waals surface area contributed by atoms with Gasteiger partial charge in [0.15, 0.2) is 5.69 Å². The number of hydrogen-bond acceptors (Lipinski definition) is 6. The predicted octanol–water partition coefficient (Wildman–Crippen LogP) is 1.90. The molecule has 2 aromatic heterocycles. The van der Waals surface area contributed by atoms with E-state index in [4.69, 9.17) is 0 Å². The lowest BCUT2D eigenvalue weighted by Crippen LogP contribution is -2.32. The van der Waals surface area contributed by atoms with Gasteiger partial charge in [-0.1, -0.05) is 18.3 Å². The summed E-state index contributed by atoms with van der Waals surface area (Å²) in [7, 11) is 0. The molecule has 1 atom stereocenters. The molecule has 120 valence electrons. The van der Waals surface area contributed by atoms with Crippen LogP contribution in [0.1, 0.15) is 41.3 Å². The monoisotopic (exact) mass is 342 g/mol. The zero-order valence-electron chi connectivity index (χ0n) is 12.3. The van der Waals surface area contributed by atoms with E-state index in [1.807, 2.05) is 17.8 Å². The minimum Gasteiger partial charge on any atom is -0.315 e. The zero-order valence-corrected chi connectivity index (χ0v) is 13.9. The van der Waals surface area contributed by atoms with E-state index in [0.29, 0.717) is 16.9 Å². The van der Waals surface area contributed by atoms with E-state index < -0.39 is 0 Å². The number of anilines is 1. The van der Waals surface area contributed by atoms with E-state index in [1.165, 1.54) is 11.3 Å². The van der Waals surface area contributed by atoms with Crippen LogP contribution in [0.15, 0.2) is 12.3 Å². The molecule has 1 unspecified atom stereocenters. The first kappa shape index (κ1) is 16.9. The van der Waals surface area contributed by atoms with Crippen molar-refractivity contribution < 1.29 is 4.79 Å². The Hall–Kier alpha value is -1.51. The van der Waals surface area contributed by atoms with Crippen LogP contribution in [0.2, 0.25) is 0 Å². The van der Waals surface area contributed by atoms with Gasteiger partial charge in [-0.25, -0.2) is 0 Å². The van der Waals surface area contributed by atoms with Gasteiger partial charge < -0.3 is 5.32 Å². The Balaban J connectivity index is 0.00000176. The maximum absolute atomic E-state index is 12.1. The van der Waals surface area contributed by atoms with Crippen LogP contribution in [0.5, 0.6) is 0 Å². The number of hydrogen-bond donors (Lipinski definition) is 2. The zero-order chi connectivity index (χ0) is 14.7. The van der Waals surface area contributed by atoms with Gasteiger partial charge in [0.25, 0.3) is 5.91 Å². The second-order valence-corrected chi connectivity index (χ2v) is 6.05. The Kier molecular flexibility index (Phi) is 5.87. The molecule has 3 rings (SSSR count). The van der Waals surface area contributed by atoms with E-state index >= 15 is 0 Å². The summed E-state index contributed by atoms with van der Waals surface area (Å²) < 4.78 is 1.87. The van der Waals surface area contributed by atoms with E-state index in [9.17, 15) is 4.79 Å². The summed E-state index contributed by atoms with van der Waals surface area (Å²) >= 11 is 1.39. The molecule has 1 fully saturated rings. The fourth-order valence-electron chi connectivity index (χ4n) is 2.33. The molecule has 0 bridgehead atoms.